The molecule has 106 valence electrons. The molecule has 1 aliphatic carbocycles. The lowest BCUT2D eigenvalue weighted by Crippen LogP contribution is -2.21. The highest BCUT2D eigenvalue weighted by Crippen LogP contribution is 2.23. The molecular weight excluding hydrogens is 252 g/mol. The minimum absolute atomic E-state index is 0.00327. The molecule has 5 heteroatoms. The molecule has 0 aromatic carbocycles. The van der Waals surface area contributed by atoms with Crippen molar-refractivity contribution in [2.24, 2.45) is 14.1 Å². The van der Waals surface area contributed by atoms with Crippen LogP contribution >= 0.6 is 0 Å². The number of hydrogen-bond acceptors (Lipinski definition) is 3. The Morgan fingerprint density at radius 2 is 2.10 bits per heavy atom. The number of rotatable bonds is 3. The summed E-state index contributed by atoms with van der Waals surface area (Å²) in [5.41, 5.74) is 4.45. The summed E-state index contributed by atoms with van der Waals surface area (Å²) in [6.07, 6.45) is 6.41. The van der Waals surface area contributed by atoms with E-state index in [2.05, 4.69) is 10.4 Å². The highest BCUT2D eigenvalue weighted by Gasteiger charge is 2.18. The predicted molar refractivity (Wildman–Crippen MR) is 78.9 cm³/mol. The van der Waals surface area contributed by atoms with Crippen LogP contribution in [0.2, 0.25) is 0 Å². The monoisotopic (exact) mass is 272 g/mol. The van der Waals surface area contributed by atoms with Gasteiger partial charge in [0.15, 0.2) is 0 Å². The molecule has 0 saturated heterocycles. The first-order valence-electron chi connectivity index (χ1n) is 7.10. The zero-order valence-electron chi connectivity index (χ0n) is 12.0. The Morgan fingerprint density at radius 3 is 2.95 bits per heavy atom. The van der Waals surface area contributed by atoms with E-state index in [0.29, 0.717) is 12.2 Å². The van der Waals surface area contributed by atoms with Crippen molar-refractivity contribution in [2.75, 3.05) is 5.32 Å². The Hall–Kier alpha value is -2.04. The number of hydrogen-bond donors (Lipinski definition) is 1. The third-order valence-electron chi connectivity index (χ3n) is 4.02. The third kappa shape index (κ3) is 2.24. The van der Waals surface area contributed by atoms with Gasteiger partial charge in [-0.25, -0.2) is 0 Å². The number of fused-ring (bicyclic) bond motifs is 1. The average Bonchev–Trinajstić information content (AvgIpc) is 2.76. The molecule has 0 atom stereocenters. The smallest absolute Gasteiger partial charge is 0.273 e. The normalized spacial score (nSPS) is 14.1. The number of aryl methyl sites for hydroxylation is 3. The molecule has 0 saturated carbocycles. The average molecular weight is 272 g/mol. The van der Waals surface area contributed by atoms with Crippen LogP contribution < -0.4 is 10.9 Å². The van der Waals surface area contributed by atoms with Crippen molar-refractivity contribution in [3.05, 3.63) is 45.6 Å². The molecule has 0 bridgehead atoms. The maximum absolute atomic E-state index is 12.0. The number of anilines is 1. The first-order valence-corrected chi connectivity index (χ1v) is 7.10. The van der Waals surface area contributed by atoms with Crippen LogP contribution in [0.15, 0.2) is 23.1 Å². The zero-order valence-corrected chi connectivity index (χ0v) is 12.0. The van der Waals surface area contributed by atoms with Gasteiger partial charge in [-0.2, -0.15) is 5.10 Å². The van der Waals surface area contributed by atoms with E-state index >= 15 is 0 Å². The highest BCUT2D eigenvalue weighted by atomic mass is 16.1. The molecule has 1 N–H and O–H groups in total. The maximum atomic E-state index is 12.0. The Labute approximate surface area is 118 Å². The lowest BCUT2D eigenvalue weighted by molar-refractivity contribution is 0.664. The second-order valence-electron chi connectivity index (χ2n) is 5.39. The van der Waals surface area contributed by atoms with Gasteiger partial charge in [-0.05, 0) is 43.4 Å². The number of pyridine rings is 1. The van der Waals surface area contributed by atoms with E-state index in [1.807, 2.05) is 23.9 Å². The van der Waals surface area contributed by atoms with Crippen molar-refractivity contribution in [1.82, 2.24) is 14.3 Å². The first-order chi connectivity index (χ1) is 9.66. The van der Waals surface area contributed by atoms with Crippen LogP contribution in [0.3, 0.4) is 0 Å². The third-order valence-corrected chi connectivity index (χ3v) is 4.02. The fourth-order valence-corrected chi connectivity index (χ4v) is 2.88. The van der Waals surface area contributed by atoms with E-state index in [9.17, 15) is 4.79 Å². The topological polar surface area (TPSA) is 51.9 Å². The van der Waals surface area contributed by atoms with Crippen LogP contribution in [-0.2, 0) is 33.5 Å². The number of nitrogens with zero attached hydrogens (tertiary/aromatic N) is 3. The largest absolute Gasteiger partial charge is 0.375 e. The molecule has 0 spiro atoms. The van der Waals surface area contributed by atoms with Gasteiger partial charge in [0.05, 0.1) is 17.9 Å². The van der Waals surface area contributed by atoms with Crippen LogP contribution in [0.4, 0.5) is 5.69 Å². The van der Waals surface area contributed by atoms with E-state index in [4.69, 9.17) is 0 Å². The number of aromatic nitrogens is 3. The Kier molecular flexibility index (Phi) is 3.34. The van der Waals surface area contributed by atoms with E-state index < -0.39 is 0 Å². The van der Waals surface area contributed by atoms with Gasteiger partial charge < -0.3 is 9.88 Å². The van der Waals surface area contributed by atoms with Gasteiger partial charge in [0.25, 0.3) is 5.56 Å². The summed E-state index contributed by atoms with van der Waals surface area (Å²) in [7, 11) is 3.75. The fourth-order valence-electron chi connectivity index (χ4n) is 2.88. The van der Waals surface area contributed by atoms with E-state index in [1.54, 1.807) is 17.8 Å². The van der Waals surface area contributed by atoms with Crippen LogP contribution in [0.1, 0.15) is 29.8 Å². The summed E-state index contributed by atoms with van der Waals surface area (Å²) in [6, 6.07) is 3.70. The van der Waals surface area contributed by atoms with Gasteiger partial charge in [-0.15, -0.1) is 0 Å². The van der Waals surface area contributed by atoms with Gasteiger partial charge in [-0.1, -0.05) is 0 Å². The van der Waals surface area contributed by atoms with Crippen molar-refractivity contribution < 1.29 is 0 Å². The van der Waals surface area contributed by atoms with Crippen molar-refractivity contribution in [3.8, 4) is 0 Å². The first kappa shape index (κ1) is 13.0. The molecule has 0 amide bonds. The molecule has 0 aliphatic heterocycles. The SMILES string of the molecule is Cn1nc2c(c1CNc1cccn(C)c1=O)CCCC2. The Balaban J connectivity index is 1.84. The summed E-state index contributed by atoms with van der Waals surface area (Å²) < 4.78 is 3.54. The van der Waals surface area contributed by atoms with Crippen LogP contribution in [-0.4, -0.2) is 14.3 Å². The van der Waals surface area contributed by atoms with Crippen LogP contribution in [0, 0.1) is 0 Å². The summed E-state index contributed by atoms with van der Waals surface area (Å²) in [5, 5.41) is 7.85. The van der Waals surface area contributed by atoms with E-state index in [0.717, 1.165) is 12.8 Å². The standard InChI is InChI=1S/C15H20N4O/c1-18-9-5-8-13(15(18)20)16-10-14-11-6-3-4-7-12(11)17-19(14)2/h5,8-9,16H,3-4,6-7,10H2,1-2H3. The van der Waals surface area contributed by atoms with Gasteiger partial charge in [0, 0.05) is 20.3 Å². The van der Waals surface area contributed by atoms with Crippen molar-refractivity contribution in [3.63, 3.8) is 0 Å². The molecule has 5 nitrogen and oxygen atoms in total. The molecule has 0 fully saturated rings. The van der Waals surface area contributed by atoms with Crippen molar-refractivity contribution in [1.29, 1.82) is 0 Å². The second-order valence-corrected chi connectivity index (χ2v) is 5.39. The molecule has 2 aromatic heterocycles. The second kappa shape index (κ2) is 5.15. The molecule has 3 rings (SSSR count). The van der Waals surface area contributed by atoms with Gasteiger partial charge >= 0.3 is 0 Å². The summed E-state index contributed by atoms with van der Waals surface area (Å²) in [5.74, 6) is 0. The lowest BCUT2D eigenvalue weighted by Gasteiger charge is -2.12. The van der Waals surface area contributed by atoms with Gasteiger partial charge in [0.1, 0.15) is 5.69 Å². The minimum Gasteiger partial charge on any atom is -0.375 e. The molecule has 1 aliphatic rings. The molecule has 0 radical (unpaired) electrons. The summed E-state index contributed by atoms with van der Waals surface area (Å²) in [4.78, 5) is 12.0. The van der Waals surface area contributed by atoms with Crippen molar-refractivity contribution in [2.45, 2.75) is 32.2 Å². The number of nitrogens with one attached hydrogen (secondary N) is 1. The molecular formula is C15H20N4O. The van der Waals surface area contributed by atoms with E-state index in [1.165, 1.54) is 29.8 Å². The molecule has 2 heterocycles. The molecule has 20 heavy (non-hydrogen) atoms. The van der Waals surface area contributed by atoms with Crippen LogP contribution in [0.25, 0.3) is 0 Å². The molecule has 2 aromatic rings. The van der Waals surface area contributed by atoms with Crippen LogP contribution in [0.5, 0.6) is 0 Å². The quantitative estimate of drug-likeness (QED) is 0.923. The fraction of sp³-hybridized carbons (Fsp3) is 0.467. The summed E-state index contributed by atoms with van der Waals surface area (Å²) >= 11 is 0. The van der Waals surface area contributed by atoms with Gasteiger partial charge in [-0.3, -0.25) is 9.48 Å². The van der Waals surface area contributed by atoms with Gasteiger partial charge in [0.2, 0.25) is 0 Å². The maximum Gasteiger partial charge on any atom is 0.273 e. The highest BCUT2D eigenvalue weighted by molar-refractivity contribution is 5.42. The zero-order chi connectivity index (χ0) is 14.1. The lowest BCUT2D eigenvalue weighted by atomic mass is 9.96. The minimum atomic E-state index is 0.00327. The van der Waals surface area contributed by atoms with Crippen molar-refractivity contribution >= 4 is 5.69 Å². The Morgan fingerprint density at radius 1 is 1.30 bits per heavy atom. The van der Waals surface area contributed by atoms with E-state index in [-0.39, 0.29) is 5.56 Å². The Bertz CT molecular complexity index is 684. The summed E-state index contributed by atoms with van der Waals surface area (Å²) in [6.45, 7) is 0.651. The predicted octanol–water partition coefficient (Wildman–Crippen LogP) is 1.61. The molecule has 0 unspecified atom stereocenters.